The normalized spacial score (nSPS) is 26.2. The van der Waals surface area contributed by atoms with Gasteiger partial charge in [0.1, 0.15) is 0 Å². The molecule has 0 radical (unpaired) electrons. The van der Waals surface area contributed by atoms with Gasteiger partial charge in [-0.2, -0.15) is 0 Å². The summed E-state index contributed by atoms with van der Waals surface area (Å²) in [6.45, 7) is 16.3. The molecule has 3 heteroatoms. The van der Waals surface area contributed by atoms with Gasteiger partial charge in [-0.05, 0) is 205 Å². The van der Waals surface area contributed by atoms with E-state index in [0.717, 1.165) is 0 Å². The van der Waals surface area contributed by atoms with Gasteiger partial charge in [-0.15, -0.1) is 0 Å². The average Bonchev–Trinajstić information content (AvgIpc) is 1.52. The van der Waals surface area contributed by atoms with Crippen LogP contribution in [0.4, 0.5) is 0 Å². The second-order valence-corrected chi connectivity index (χ2v) is 45.1. The molecule has 19 rings (SSSR count). The van der Waals surface area contributed by atoms with Crippen molar-refractivity contribution in [3.05, 3.63) is 296 Å². The molecule has 6 unspecified atom stereocenters. The van der Waals surface area contributed by atoms with Crippen molar-refractivity contribution in [3.8, 4) is 33.4 Å². The highest BCUT2D eigenvalue weighted by atomic mass is 28.3. The second kappa shape index (κ2) is 21.3. The first-order valence-electron chi connectivity index (χ1n) is 36.9. The number of hydrogen-bond acceptors (Lipinski definition) is 0. The quantitative estimate of drug-likeness (QED) is 0.0998. The lowest BCUT2D eigenvalue weighted by atomic mass is 9.64. The number of benzene rings is 13. The topological polar surface area (TPSA) is 0 Å². The molecule has 3 aliphatic carbocycles. The lowest BCUT2D eigenvalue weighted by Gasteiger charge is -2.54. The number of fused-ring (bicyclic) bond motifs is 9. The van der Waals surface area contributed by atoms with Crippen LogP contribution in [0.15, 0.2) is 279 Å². The predicted octanol–water partition coefficient (Wildman–Crippen LogP) is 18.8. The van der Waals surface area contributed by atoms with E-state index in [1.54, 1.807) is 63.4 Å². The fourth-order valence-corrected chi connectivity index (χ4v) is 44.9. The molecule has 476 valence electrons. The molecular formula is C94H88Si3. The molecule has 97 heavy (non-hydrogen) atoms. The fraction of sp³-hybridized carbons (Fsp3) is 0.255. The minimum atomic E-state index is -2.66. The van der Waals surface area contributed by atoms with Crippen LogP contribution in [-0.4, -0.2) is 24.2 Å². The van der Waals surface area contributed by atoms with Gasteiger partial charge in [0.05, 0.1) is 0 Å². The van der Waals surface area contributed by atoms with Crippen LogP contribution in [0.2, 0.25) is 15.1 Å². The highest BCUT2D eigenvalue weighted by Gasteiger charge is 2.71. The molecular weight excluding hydrogens is 1210 g/mol. The monoisotopic (exact) mass is 1300 g/mol. The van der Waals surface area contributed by atoms with Gasteiger partial charge in [0.2, 0.25) is 0 Å². The summed E-state index contributed by atoms with van der Waals surface area (Å²) in [5.74, 6) is 0. The third kappa shape index (κ3) is 7.39. The Morgan fingerprint density at radius 1 is 0.237 bits per heavy atom. The van der Waals surface area contributed by atoms with Crippen molar-refractivity contribution >= 4 is 103 Å². The Kier molecular flexibility index (Phi) is 13.1. The van der Waals surface area contributed by atoms with Gasteiger partial charge in [0, 0.05) is 0 Å². The molecule has 0 saturated heterocycles. The van der Waals surface area contributed by atoms with Gasteiger partial charge in [0.25, 0.3) is 0 Å². The molecule has 6 atom stereocenters. The van der Waals surface area contributed by atoms with E-state index in [0.29, 0.717) is 0 Å². The fourth-order valence-electron chi connectivity index (χ4n) is 24.1. The summed E-state index contributed by atoms with van der Waals surface area (Å²) in [6, 6.07) is 113. The standard InChI is InChI=1S/C94H88Si3/c1-89-55-25-28-58-92(89,4)95(69-31-13-7-14-32-69,70-33-15-8-16-34-70)84-52-45-66(61-81(84)89)75-48-43-65-44-49-77-79(67-46-53-85-82(62-67)90(2)56-26-29-59-93(90,5)96(85,71-35-17-9-18-36-71)72-37-19-10-20-38-72)64-80(78-51-50-76(75)87(65)88(77)78)68-47-54-86-83(63-68)91(3)57-27-30-60-94(91,6)97(86,73-39-21-11-22-40-73)74-41-23-12-24-42-74/h7-24,31-54,61-64H,25-30,55-60H2,1-6H3. The molecule has 3 saturated carbocycles. The summed E-state index contributed by atoms with van der Waals surface area (Å²) in [5, 5.41) is 22.6. The Morgan fingerprint density at radius 2 is 0.505 bits per heavy atom. The zero-order chi connectivity index (χ0) is 65.4. The van der Waals surface area contributed by atoms with Crippen LogP contribution in [0, 0.1) is 0 Å². The molecule has 0 N–H and O–H groups in total. The Morgan fingerprint density at radius 3 is 0.825 bits per heavy atom. The molecule has 0 amide bonds. The van der Waals surface area contributed by atoms with Crippen LogP contribution < -0.4 is 46.7 Å². The van der Waals surface area contributed by atoms with Gasteiger partial charge >= 0.3 is 0 Å². The minimum absolute atomic E-state index is 0.0146. The van der Waals surface area contributed by atoms with E-state index in [1.165, 1.54) is 143 Å². The summed E-state index contributed by atoms with van der Waals surface area (Å²) in [7, 11) is -7.92. The van der Waals surface area contributed by atoms with Crippen molar-refractivity contribution in [2.24, 2.45) is 0 Å². The molecule has 6 aliphatic rings. The van der Waals surface area contributed by atoms with E-state index in [1.807, 2.05) is 0 Å². The molecule has 13 aromatic carbocycles. The summed E-state index contributed by atoms with van der Waals surface area (Å²) in [4.78, 5) is 0. The van der Waals surface area contributed by atoms with Crippen LogP contribution in [0.1, 0.15) is 135 Å². The summed E-state index contributed by atoms with van der Waals surface area (Å²) < 4.78 is 0. The van der Waals surface area contributed by atoms with Gasteiger partial charge in [0.15, 0.2) is 24.2 Å². The van der Waals surface area contributed by atoms with Crippen LogP contribution in [-0.2, 0) is 16.2 Å². The van der Waals surface area contributed by atoms with Crippen molar-refractivity contribution < 1.29 is 0 Å². The summed E-state index contributed by atoms with van der Waals surface area (Å²) in [5.41, 5.74) is 12.8. The van der Waals surface area contributed by atoms with Crippen molar-refractivity contribution in [1.82, 2.24) is 0 Å². The molecule has 0 nitrogen and oxygen atoms in total. The Bertz CT molecular complexity index is 4970. The van der Waals surface area contributed by atoms with Gasteiger partial charge in [-0.25, -0.2) is 0 Å². The highest BCUT2D eigenvalue weighted by molar-refractivity contribution is 7.16. The molecule has 3 heterocycles. The van der Waals surface area contributed by atoms with Gasteiger partial charge in [-0.1, -0.05) is 353 Å². The van der Waals surface area contributed by atoms with Crippen LogP contribution in [0.3, 0.4) is 0 Å². The van der Waals surface area contributed by atoms with Crippen LogP contribution in [0.25, 0.3) is 65.7 Å². The Labute approximate surface area is 578 Å². The molecule has 13 aromatic rings. The lowest BCUT2D eigenvalue weighted by Crippen LogP contribution is -2.72. The Balaban J connectivity index is 0.877. The number of rotatable bonds is 9. The third-order valence-corrected chi connectivity index (χ3v) is 47.3. The minimum Gasteiger partial charge on any atom is -0.0624 e. The highest BCUT2D eigenvalue weighted by Crippen LogP contribution is 2.69. The maximum absolute atomic E-state index is 2.76. The molecule has 3 fully saturated rings. The largest absolute Gasteiger partial charge is 0.155 e. The predicted molar refractivity (Wildman–Crippen MR) is 422 cm³/mol. The first-order chi connectivity index (χ1) is 47.3. The van der Waals surface area contributed by atoms with Crippen molar-refractivity contribution in [2.45, 2.75) is 150 Å². The summed E-state index contributed by atoms with van der Waals surface area (Å²) in [6.07, 6.45) is 14.9. The smallest absolute Gasteiger partial charge is 0.0624 e. The van der Waals surface area contributed by atoms with E-state index >= 15 is 0 Å². The Hall–Kier alpha value is -8.45. The third-order valence-electron chi connectivity index (χ3n) is 29.0. The van der Waals surface area contributed by atoms with Gasteiger partial charge in [-0.3, -0.25) is 0 Å². The first-order valence-corrected chi connectivity index (χ1v) is 42.9. The second-order valence-electron chi connectivity index (χ2n) is 32.2. The van der Waals surface area contributed by atoms with E-state index < -0.39 is 24.2 Å². The van der Waals surface area contributed by atoms with E-state index in [9.17, 15) is 0 Å². The van der Waals surface area contributed by atoms with Crippen molar-refractivity contribution in [3.63, 3.8) is 0 Å². The maximum Gasteiger partial charge on any atom is 0.155 e. The van der Waals surface area contributed by atoms with E-state index in [2.05, 4.69) is 321 Å². The average molecular weight is 1300 g/mol. The molecule has 0 aromatic heterocycles. The van der Waals surface area contributed by atoms with Gasteiger partial charge < -0.3 is 0 Å². The zero-order valence-corrected chi connectivity index (χ0v) is 60.5. The zero-order valence-electron chi connectivity index (χ0n) is 57.5. The molecule has 0 spiro atoms. The van der Waals surface area contributed by atoms with Crippen LogP contribution >= 0.6 is 0 Å². The van der Waals surface area contributed by atoms with Crippen molar-refractivity contribution in [2.75, 3.05) is 0 Å². The van der Waals surface area contributed by atoms with E-state index in [-0.39, 0.29) is 31.4 Å². The lowest BCUT2D eigenvalue weighted by molar-refractivity contribution is 0.241. The van der Waals surface area contributed by atoms with E-state index in [4.69, 9.17) is 0 Å². The molecule has 0 bridgehead atoms. The first kappa shape index (κ1) is 59.8. The molecule has 3 aliphatic heterocycles. The van der Waals surface area contributed by atoms with Crippen molar-refractivity contribution in [1.29, 1.82) is 0 Å². The maximum atomic E-state index is 2.76. The summed E-state index contributed by atoms with van der Waals surface area (Å²) >= 11 is 0. The number of hydrogen-bond donors (Lipinski definition) is 0. The van der Waals surface area contributed by atoms with Crippen LogP contribution in [0.5, 0.6) is 0 Å². The SMILES string of the molecule is CC12CCCCC1(C)[Si](c1ccccc1)(c1ccccc1)c1ccc(-c3ccc4ccc5c(-c6ccc7c(c6)C6(C)CCCCC6(C)[Si]7(c6ccccc6)c6ccccc6)cc(-c6ccc7c(c6)C6(C)CCCCC6(C)[Si]7(c6ccccc6)c6ccccc6)c6ccc3c4c56)cc12.